The number of fused-ring (bicyclic) bond motifs is 2. The van der Waals surface area contributed by atoms with Crippen molar-refractivity contribution in [1.82, 2.24) is 36.6 Å². The number of guanidine groups is 1. The molecule has 0 aliphatic carbocycles. The molecular weight excluding hydrogens is 855 g/mol. The molecule has 2 aromatic carbocycles. The van der Waals surface area contributed by atoms with E-state index >= 15 is 0 Å². The van der Waals surface area contributed by atoms with Crippen molar-refractivity contribution in [3.63, 3.8) is 0 Å². The molecule has 5 atom stereocenters. The number of nitrogens with one attached hydrogen (secondary N) is 7. The van der Waals surface area contributed by atoms with Crippen LogP contribution in [0.25, 0.3) is 21.8 Å². The summed E-state index contributed by atoms with van der Waals surface area (Å²) in [5.74, 6) is -3.69. The Morgan fingerprint density at radius 2 is 0.985 bits per heavy atom. The van der Waals surface area contributed by atoms with Crippen LogP contribution in [0.1, 0.15) is 108 Å². The quantitative estimate of drug-likeness (QED) is 0.0192. The van der Waals surface area contributed by atoms with Gasteiger partial charge in [-0.3, -0.25) is 33.8 Å². The molecule has 19 nitrogen and oxygen atoms in total. The van der Waals surface area contributed by atoms with Crippen LogP contribution in [0.4, 0.5) is 0 Å². The van der Waals surface area contributed by atoms with Crippen LogP contribution in [0.5, 0.6) is 0 Å². The normalized spacial score (nSPS) is 13.5. The Labute approximate surface area is 392 Å². The predicted octanol–water partition coefficient (Wildman–Crippen LogP) is 2.02. The number of aromatic amines is 2. The summed E-state index contributed by atoms with van der Waals surface area (Å²) in [5, 5.41) is 15.9. The van der Waals surface area contributed by atoms with E-state index in [2.05, 4.69) is 48.5 Å². The number of nitrogens with zero attached hydrogens (tertiary/aromatic N) is 1. The van der Waals surface area contributed by atoms with Gasteiger partial charge in [0.1, 0.15) is 30.2 Å². The van der Waals surface area contributed by atoms with E-state index < -0.39 is 59.7 Å². The maximum atomic E-state index is 14.7. The zero-order valence-electron chi connectivity index (χ0n) is 38.9. The molecule has 0 spiro atoms. The lowest BCUT2D eigenvalue weighted by Crippen LogP contribution is -2.59. The fourth-order valence-electron chi connectivity index (χ4n) is 8.02. The maximum absolute atomic E-state index is 14.7. The van der Waals surface area contributed by atoms with E-state index in [1.807, 2.05) is 48.5 Å². The fraction of sp³-hybridized carbons (Fsp3) is 0.521. The lowest BCUT2D eigenvalue weighted by atomic mass is 10.00. The van der Waals surface area contributed by atoms with Crippen molar-refractivity contribution < 1.29 is 28.8 Å². The number of carbonyl (C=O) groups is 6. The number of para-hydroxylation sites is 2. The van der Waals surface area contributed by atoms with Gasteiger partial charge in [0.05, 0.1) is 0 Å². The van der Waals surface area contributed by atoms with Crippen LogP contribution >= 0.6 is 0 Å². The number of nitrogens with two attached hydrogens (primary N) is 5. The third kappa shape index (κ3) is 17.7. The van der Waals surface area contributed by atoms with Gasteiger partial charge in [-0.05, 0) is 94.1 Å². The average molecular weight is 928 g/mol. The highest BCUT2D eigenvalue weighted by Gasteiger charge is 2.33. The molecule has 67 heavy (non-hydrogen) atoms. The minimum absolute atomic E-state index is 0.00277. The summed E-state index contributed by atoms with van der Waals surface area (Å²) in [7, 11) is 0. The topological polar surface area (TPSA) is 337 Å². The summed E-state index contributed by atoms with van der Waals surface area (Å²) < 4.78 is 0. The van der Waals surface area contributed by atoms with Gasteiger partial charge in [0.2, 0.25) is 35.4 Å². The first-order valence-corrected chi connectivity index (χ1v) is 23.7. The second kappa shape index (κ2) is 28.5. The zero-order valence-corrected chi connectivity index (χ0v) is 38.9. The maximum Gasteiger partial charge on any atom is 0.243 e. The van der Waals surface area contributed by atoms with E-state index in [-0.39, 0.29) is 56.9 Å². The molecule has 4 aromatic rings. The molecule has 2 aromatic heterocycles. The Hall–Kier alpha value is -6.47. The van der Waals surface area contributed by atoms with Gasteiger partial charge in [0, 0.05) is 60.0 Å². The van der Waals surface area contributed by atoms with Crippen molar-refractivity contribution >= 4 is 63.2 Å². The summed E-state index contributed by atoms with van der Waals surface area (Å²) in [5.41, 5.74) is 31.4. The Morgan fingerprint density at radius 3 is 1.49 bits per heavy atom. The van der Waals surface area contributed by atoms with Crippen LogP contribution in [0.2, 0.25) is 0 Å². The number of rotatable bonds is 32. The third-order valence-electron chi connectivity index (χ3n) is 11.8. The Morgan fingerprint density at radius 1 is 0.537 bits per heavy atom. The molecule has 17 N–H and O–H groups in total. The highest BCUT2D eigenvalue weighted by atomic mass is 16.2. The van der Waals surface area contributed by atoms with E-state index in [0.717, 1.165) is 53.1 Å². The molecule has 0 aliphatic heterocycles. The number of primary amides is 1. The monoisotopic (exact) mass is 928 g/mol. The summed E-state index contributed by atoms with van der Waals surface area (Å²) >= 11 is 0. The summed E-state index contributed by atoms with van der Waals surface area (Å²) in [6.07, 6.45) is 11.6. The van der Waals surface area contributed by atoms with Gasteiger partial charge in [-0.2, -0.15) is 0 Å². The van der Waals surface area contributed by atoms with Crippen molar-refractivity contribution in [2.24, 2.45) is 33.7 Å². The van der Waals surface area contributed by atoms with Gasteiger partial charge in [-0.1, -0.05) is 69.0 Å². The number of aliphatic imine (C=N–C) groups is 1. The summed E-state index contributed by atoms with van der Waals surface area (Å²) in [4.78, 5) is 93.7. The van der Waals surface area contributed by atoms with Gasteiger partial charge < -0.3 is 65.2 Å². The SMILES string of the molecule is CCCCCCCC(=O)N[C@@H](CCCN=C(N)N)C(=O)N[C@@H](CCCCN)C(=O)N[C@@H](Cc1c[nH]c2ccccc12)C(=O)N[C@@H](Cc1c[nH]c2ccccc12)C(=O)N[C@@H](CCCCN)C(N)=O. The number of amides is 6. The first-order valence-electron chi connectivity index (χ1n) is 23.7. The molecule has 0 saturated carbocycles. The molecule has 6 amide bonds. The predicted molar refractivity (Wildman–Crippen MR) is 262 cm³/mol. The van der Waals surface area contributed by atoms with Crippen LogP contribution in [0, 0.1) is 0 Å². The highest BCUT2D eigenvalue weighted by molar-refractivity contribution is 5.97. The lowest BCUT2D eigenvalue weighted by molar-refractivity contribution is -0.135. The van der Waals surface area contributed by atoms with Crippen LogP contribution in [0.3, 0.4) is 0 Å². The number of hydrogen-bond acceptors (Lipinski definition) is 9. The van der Waals surface area contributed by atoms with E-state index in [0.29, 0.717) is 57.2 Å². The number of carbonyl (C=O) groups excluding carboxylic acids is 6. The molecule has 2 heterocycles. The number of hydrogen-bond donors (Lipinski definition) is 12. The van der Waals surface area contributed by atoms with Crippen LogP contribution in [-0.4, -0.2) is 101 Å². The van der Waals surface area contributed by atoms with E-state index in [1.54, 1.807) is 12.4 Å². The highest BCUT2D eigenvalue weighted by Crippen LogP contribution is 2.22. The van der Waals surface area contributed by atoms with Crippen molar-refractivity contribution in [3.05, 3.63) is 72.1 Å². The van der Waals surface area contributed by atoms with Crippen molar-refractivity contribution in [2.45, 2.75) is 140 Å². The van der Waals surface area contributed by atoms with Crippen molar-refractivity contribution in [3.8, 4) is 0 Å². The molecule has 0 unspecified atom stereocenters. The first-order chi connectivity index (χ1) is 32.3. The second-order valence-electron chi connectivity index (χ2n) is 17.1. The van der Waals surface area contributed by atoms with Crippen LogP contribution in [-0.2, 0) is 41.6 Å². The van der Waals surface area contributed by atoms with Gasteiger partial charge in [-0.25, -0.2) is 0 Å². The summed E-state index contributed by atoms with van der Waals surface area (Å²) in [6.45, 7) is 3.08. The van der Waals surface area contributed by atoms with Gasteiger partial charge in [0.25, 0.3) is 0 Å². The Kier molecular flexibility index (Phi) is 22.6. The van der Waals surface area contributed by atoms with E-state index in [1.165, 1.54) is 0 Å². The molecule has 0 aliphatic rings. The molecule has 0 fully saturated rings. The first kappa shape index (κ1) is 53.1. The number of benzene rings is 2. The Balaban J connectivity index is 1.65. The minimum Gasteiger partial charge on any atom is -0.370 e. The molecular formula is C48H73N13O6. The molecule has 19 heteroatoms. The summed E-state index contributed by atoms with van der Waals surface area (Å²) in [6, 6.07) is 9.38. The third-order valence-corrected chi connectivity index (χ3v) is 11.8. The van der Waals surface area contributed by atoms with Crippen LogP contribution < -0.4 is 55.3 Å². The van der Waals surface area contributed by atoms with Gasteiger partial charge in [-0.15, -0.1) is 0 Å². The minimum atomic E-state index is -1.27. The largest absolute Gasteiger partial charge is 0.370 e. The lowest BCUT2D eigenvalue weighted by Gasteiger charge is -2.27. The Bertz CT molecular complexity index is 2230. The fourth-order valence-corrected chi connectivity index (χ4v) is 8.02. The average Bonchev–Trinajstić information content (AvgIpc) is 3.92. The molecule has 366 valence electrons. The second-order valence-corrected chi connectivity index (χ2v) is 17.1. The standard InChI is InChI=1S/C48H73N13O6/c1-2-3-4-5-6-23-42(62)57-38(22-15-26-54-48(52)53)44(64)59-39(21-12-14-25-50)45(65)60-41(28-32-30-56-36-19-10-8-17-34(32)36)47(67)61-40(27-31-29-55-35-18-9-7-16-33(31)35)46(66)58-37(43(51)63)20-11-13-24-49/h7-10,16-19,29-30,37-41,55-56H,2-6,11-15,20-28,49-50H2,1H3,(H2,51,63)(H,57,62)(H,58,66)(H,59,64)(H,60,65)(H,61,67)(H4,52,53,54)/t37-,38-,39-,40-,41-/m0/s1. The van der Waals surface area contributed by atoms with Crippen molar-refractivity contribution in [2.75, 3.05) is 19.6 Å². The van der Waals surface area contributed by atoms with E-state index in [9.17, 15) is 28.8 Å². The van der Waals surface area contributed by atoms with Gasteiger partial charge >= 0.3 is 0 Å². The number of aromatic nitrogens is 2. The van der Waals surface area contributed by atoms with Crippen LogP contribution in [0.15, 0.2) is 65.9 Å². The zero-order chi connectivity index (χ0) is 48.6. The molecule has 0 radical (unpaired) electrons. The smallest absolute Gasteiger partial charge is 0.243 e. The molecule has 0 bridgehead atoms. The van der Waals surface area contributed by atoms with Crippen molar-refractivity contribution in [1.29, 1.82) is 0 Å². The molecule has 4 rings (SSSR count). The molecule has 0 saturated heterocycles. The number of H-pyrrole nitrogens is 2. The van der Waals surface area contributed by atoms with Gasteiger partial charge in [0.15, 0.2) is 5.96 Å². The number of unbranched alkanes of at least 4 members (excludes halogenated alkanes) is 6. The van der Waals surface area contributed by atoms with E-state index in [4.69, 9.17) is 28.7 Å².